The van der Waals surface area contributed by atoms with Crippen LogP contribution in [0.4, 0.5) is 0 Å². The van der Waals surface area contributed by atoms with Crippen LogP contribution in [0.1, 0.15) is 47.1 Å². The Morgan fingerprint density at radius 3 is 2.00 bits per heavy atom. The van der Waals surface area contributed by atoms with Gasteiger partial charge in [-0.2, -0.15) is 0 Å². The number of rotatable bonds is 3. The number of nitrogens with zero attached hydrogens (tertiary/aromatic N) is 1. The van der Waals surface area contributed by atoms with Gasteiger partial charge in [0, 0.05) is 18.0 Å². The largest absolute Gasteiger partial charge is 0.263 e. The lowest BCUT2D eigenvalue weighted by atomic mass is 10.3. The predicted molar refractivity (Wildman–Crippen MR) is 89.9 cm³/mol. The van der Waals surface area contributed by atoms with Crippen LogP contribution < -0.4 is 0 Å². The van der Waals surface area contributed by atoms with Crippen LogP contribution in [-0.4, -0.2) is 13.1 Å². The fraction of sp³-hybridized carbons (Fsp3) is 0.562. The van der Waals surface area contributed by atoms with E-state index in [0.717, 1.165) is 10.0 Å². The van der Waals surface area contributed by atoms with Gasteiger partial charge in [0.2, 0.25) is 0 Å². The standard InChI is InChI=1S/C16H24BrNSi/c1-12(2)19(13(3)4,14(5)6)10-8-15-7-9-18-11-16(15)17/h7,9,11-14H,1-6H3. The van der Waals surface area contributed by atoms with Crippen molar-refractivity contribution in [3.8, 4) is 11.5 Å². The van der Waals surface area contributed by atoms with Gasteiger partial charge in [-0.1, -0.05) is 47.5 Å². The molecule has 0 atom stereocenters. The van der Waals surface area contributed by atoms with Crippen LogP contribution in [0.2, 0.25) is 16.6 Å². The van der Waals surface area contributed by atoms with Gasteiger partial charge in [0.15, 0.2) is 0 Å². The average Bonchev–Trinajstić information content (AvgIpc) is 2.30. The van der Waals surface area contributed by atoms with Crippen LogP contribution in [-0.2, 0) is 0 Å². The second kappa shape index (κ2) is 6.72. The predicted octanol–water partition coefficient (Wildman–Crippen LogP) is 5.41. The van der Waals surface area contributed by atoms with Crippen LogP contribution in [0.5, 0.6) is 0 Å². The molecule has 19 heavy (non-hydrogen) atoms. The zero-order valence-electron chi connectivity index (χ0n) is 12.8. The first-order valence-corrected chi connectivity index (χ1v) is 9.97. The number of aromatic nitrogens is 1. The third-order valence-corrected chi connectivity index (χ3v) is 11.0. The van der Waals surface area contributed by atoms with Crippen molar-refractivity contribution in [1.82, 2.24) is 4.98 Å². The minimum absolute atomic E-state index is 0.667. The van der Waals surface area contributed by atoms with Crippen molar-refractivity contribution in [3.05, 3.63) is 28.5 Å². The number of pyridine rings is 1. The number of halogens is 1. The van der Waals surface area contributed by atoms with Crippen molar-refractivity contribution in [2.75, 3.05) is 0 Å². The maximum atomic E-state index is 4.09. The summed E-state index contributed by atoms with van der Waals surface area (Å²) in [5.74, 6) is 3.42. The third-order valence-electron chi connectivity index (χ3n) is 4.05. The molecule has 0 unspecified atom stereocenters. The Morgan fingerprint density at radius 2 is 1.58 bits per heavy atom. The van der Waals surface area contributed by atoms with Crippen LogP contribution in [0.25, 0.3) is 0 Å². The minimum atomic E-state index is -1.64. The second-order valence-corrected chi connectivity index (χ2v) is 12.4. The molecule has 0 saturated heterocycles. The van der Waals surface area contributed by atoms with Crippen LogP contribution in [0, 0.1) is 11.5 Å². The van der Waals surface area contributed by atoms with Gasteiger partial charge < -0.3 is 0 Å². The molecule has 0 radical (unpaired) electrons. The van der Waals surface area contributed by atoms with E-state index in [4.69, 9.17) is 0 Å². The quantitative estimate of drug-likeness (QED) is 0.530. The Kier molecular flexibility index (Phi) is 5.82. The maximum Gasteiger partial charge on any atom is 0.146 e. The highest BCUT2D eigenvalue weighted by Crippen LogP contribution is 2.40. The highest BCUT2D eigenvalue weighted by Gasteiger charge is 2.41. The summed E-state index contributed by atoms with van der Waals surface area (Å²) in [4.78, 5) is 4.09. The first-order chi connectivity index (χ1) is 8.82. The van der Waals surface area contributed by atoms with E-state index < -0.39 is 8.07 Å². The molecule has 0 saturated carbocycles. The van der Waals surface area contributed by atoms with Gasteiger partial charge in [0.05, 0.1) is 4.47 Å². The Labute approximate surface area is 127 Å². The molecule has 0 fully saturated rings. The van der Waals surface area contributed by atoms with Gasteiger partial charge >= 0.3 is 0 Å². The van der Waals surface area contributed by atoms with E-state index in [1.807, 2.05) is 12.3 Å². The topological polar surface area (TPSA) is 12.9 Å². The van der Waals surface area contributed by atoms with Crippen LogP contribution in [0.15, 0.2) is 22.9 Å². The molecule has 0 N–H and O–H groups in total. The lowest BCUT2D eigenvalue weighted by molar-refractivity contribution is 0.838. The minimum Gasteiger partial charge on any atom is -0.263 e. The van der Waals surface area contributed by atoms with E-state index in [1.165, 1.54) is 0 Å². The molecular weight excluding hydrogens is 314 g/mol. The molecule has 0 spiro atoms. The van der Waals surface area contributed by atoms with Gasteiger partial charge in [-0.25, -0.2) is 0 Å². The molecule has 0 bridgehead atoms. The van der Waals surface area contributed by atoms with E-state index in [1.54, 1.807) is 6.20 Å². The van der Waals surface area contributed by atoms with Crippen molar-refractivity contribution < 1.29 is 0 Å². The molecule has 1 aromatic rings. The zero-order valence-corrected chi connectivity index (χ0v) is 15.4. The first kappa shape index (κ1) is 16.5. The molecule has 0 aliphatic heterocycles. The van der Waals surface area contributed by atoms with E-state index in [0.29, 0.717) is 16.6 Å². The summed E-state index contributed by atoms with van der Waals surface area (Å²) in [7, 11) is -1.64. The monoisotopic (exact) mass is 337 g/mol. The summed E-state index contributed by atoms with van der Waals surface area (Å²) >= 11 is 3.53. The smallest absolute Gasteiger partial charge is 0.146 e. The molecule has 0 aromatic carbocycles. The van der Waals surface area contributed by atoms with Gasteiger partial charge in [0.1, 0.15) is 8.07 Å². The molecule has 0 aliphatic rings. The van der Waals surface area contributed by atoms with Crippen LogP contribution >= 0.6 is 15.9 Å². The van der Waals surface area contributed by atoms with Crippen molar-refractivity contribution >= 4 is 24.0 Å². The molecule has 1 nitrogen and oxygen atoms in total. The van der Waals surface area contributed by atoms with Gasteiger partial charge in [-0.3, -0.25) is 4.98 Å². The normalized spacial score (nSPS) is 11.9. The number of hydrogen-bond donors (Lipinski definition) is 0. The SMILES string of the molecule is CC(C)[Si](C#Cc1ccncc1Br)(C(C)C)C(C)C. The summed E-state index contributed by atoms with van der Waals surface area (Å²) in [5.41, 5.74) is 6.77. The molecule has 1 rings (SSSR count). The summed E-state index contributed by atoms with van der Waals surface area (Å²) in [6.07, 6.45) is 3.62. The Hall–Kier alpha value is -0.593. The van der Waals surface area contributed by atoms with Crippen molar-refractivity contribution in [3.63, 3.8) is 0 Å². The molecular formula is C16H24BrNSi. The lowest BCUT2D eigenvalue weighted by Gasteiger charge is -2.38. The highest BCUT2D eigenvalue weighted by molar-refractivity contribution is 9.10. The fourth-order valence-electron chi connectivity index (χ4n) is 3.09. The van der Waals surface area contributed by atoms with Gasteiger partial charge in [0.25, 0.3) is 0 Å². The number of hydrogen-bond acceptors (Lipinski definition) is 1. The van der Waals surface area contributed by atoms with Gasteiger partial charge in [-0.15, -0.1) is 5.54 Å². The van der Waals surface area contributed by atoms with Crippen molar-refractivity contribution in [2.24, 2.45) is 0 Å². The first-order valence-electron chi connectivity index (χ1n) is 6.95. The Balaban J connectivity index is 3.28. The summed E-state index contributed by atoms with van der Waals surface area (Å²) < 4.78 is 0.988. The molecule has 0 amide bonds. The zero-order chi connectivity index (χ0) is 14.6. The summed E-state index contributed by atoms with van der Waals surface area (Å²) in [6, 6.07) is 1.98. The Bertz CT molecular complexity index is 461. The van der Waals surface area contributed by atoms with Crippen molar-refractivity contribution in [1.29, 1.82) is 0 Å². The fourth-order valence-corrected chi connectivity index (χ4v) is 8.65. The average molecular weight is 338 g/mol. The maximum absolute atomic E-state index is 4.09. The summed E-state index contributed by atoms with van der Waals surface area (Å²) in [6.45, 7) is 14.0. The van der Waals surface area contributed by atoms with Crippen molar-refractivity contribution in [2.45, 2.75) is 58.2 Å². The molecule has 1 aromatic heterocycles. The molecule has 104 valence electrons. The Morgan fingerprint density at radius 1 is 1.05 bits per heavy atom. The van der Waals surface area contributed by atoms with E-state index in [9.17, 15) is 0 Å². The lowest BCUT2D eigenvalue weighted by Crippen LogP contribution is -2.43. The van der Waals surface area contributed by atoms with Gasteiger partial charge in [-0.05, 0) is 38.6 Å². The summed E-state index contributed by atoms with van der Waals surface area (Å²) in [5, 5.41) is 0. The highest BCUT2D eigenvalue weighted by atomic mass is 79.9. The van der Waals surface area contributed by atoms with E-state index in [2.05, 4.69) is 73.9 Å². The molecule has 3 heteroatoms. The van der Waals surface area contributed by atoms with Crippen LogP contribution in [0.3, 0.4) is 0 Å². The molecule has 0 aliphatic carbocycles. The third kappa shape index (κ3) is 3.49. The van der Waals surface area contributed by atoms with E-state index in [-0.39, 0.29) is 0 Å². The van der Waals surface area contributed by atoms with E-state index >= 15 is 0 Å². The molecule has 1 heterocycles. The second-order valence-electron chi connectivity index (χ2n) is 6.00.